The first-order chi connectivity index (χ1) is 9.13. The van der Waals surface area contributed by atoms with Gasteiger partial charge < -0.3 is 15.2 Å². The van der Waals surface area contributed by atoms with Gasteiger partial charge in [-0.25, -0.2) is 0 Å². The number of ether oxygens (including phenoxy) is 2. The average Bonchev–Trinajstić information content (AvgIpc) is 2.43. The number of methoxy groups -OCH3 is 1. The van der Waals surface area contributed by atoms with Gasteiger partial charge in [0, 0.05) is 6.54 Å². The highest BCUT2D eigenvalue weighted by Gasteiger charge is 2.09. The lowest BCUT2D eigenvalue weighted by Crippen LogP contribution is -2.01. The smallest absolute Gasteiger partial charge is 0.341 e. The summed E-state index contributed by atoms with van der Waals surface area (Å²) in [5.74, 6) is 1.12. The molecular weight excluding hydrogens is 244 g/mol. The van der Waals surface area contributed by atoms with Crippen molar-refractivity contribution in [2.24, 2.45) is 5.73 Å². The van der Waals surface area contributed by atoms with Crippen molar-refractivity contribution in [3.63, 3.8) is 0 Å². The van der Waals surface area contributed by atoms with Crippen LogP contribution in [0.1, 0.15) is 17.0 Å². The first-order valence-electron chi connectivity index (χ1n) is 5.86. The lowest BCUT2D eigenvalue weighted by atomic mass is 10.2. The van der Waals surface area contributed by atoms with E-state index in [2.05, 4.69) is 15.2 Å². The van der Waals surface area contributed by atoms with Crippen LogP contribution in [-0.2, 0) is 6.54 Å². The van der Waals surface area contributed by atoms with Gasteiger partial charge in [-0.2, -0.15) is 4.98 Å². The third-order valence-corrected chi connectivity index (χ3v) is 2.74. The van der Waals surface area contributed by atoms with Crippen LogP contribution in [-0.4, -0.2) is 22.3 Å². The van der Waals surface area contributed by atoms with E-state index < -0.39 is 0 Å². The topological polar surface area (TPSA) is 83.2 Å². The largest absolute Gasteiger partial charge is 0.493 e. The van der Waals surface area contributed by atoms with E-state index >= 15 is 0 Å². The Balaban J connectivity index is 2.29. The first-order valence-corrected chi connectivity index (χ1v) is 5.86. The minimum atomic E-state index is 0.196. The number of nitrogens with two attached hydrogens (primary N) is 1. The van der Waals surface area contributed by atoms with Gasteiger partial charge in [0.1, 0.15) is 0 Å². The van der Waals surface area contributed by atoms with Crippen molar-refractivity contribution < 1.29 is 9.47 Å². The third kappa shape index (κ3) is 2.97. The van der Waals surface area contributed by atoms with Gasteiger partial charge in [-0.05, 0) is 31.5 Å². The lowest BCUT2D eigenvalue weighted by molar-refractivity contribution is 0.364. The molecule has 0 atom stereocenters. The minimum absolute atomic E-state index is 0.196. The molecule has 6 heteroatoms. The molecule has 2 N–H and O–H groups in total. The predicted octanol–water partition coefficient (Wildman–Crippen LogP) is 1.75. The molecule has 1 aromatic heterocycles. The van der Waals surface area contributed by atoms with Gasteiger partial charge in [0.25, 0.3) is 0 Å². The molecule has 1 heterocycles. The summed E-state index contributed by atoms with van der Waals surface area (Å²) >= 11 is 0. The van der Waals surface area contributed by atoms with E-state index in [0.717, 1.165) is 17.0 Å². The Labute approximate surface area is 111 Å². The molecule has 0 aliphatic carbocycles. The zero-order chi connectivity index (χ0) is 13.8. The second kappa shape index (κ2) is 5.62. The van der Waals surface area contributed by atoms with Crippen LogP contribution in [0.3, 0.4) is 0 Å². The predicted molar refractivity (Wildman–Crippen MR) is 70.3 cm³/mol. The summed E-state index contributed by atoms with van der Waals surface area (Å²) in [6.45, 7) is 4.14. The van der Waals surface area contributed by atoms with Gasteiger partial charge in [0.15, 0.2) is 11.5 Å². The highest BCUT2D eigenvalue weighted by atomic mass is 16.5. The van der Waals surface area contributed by atoms with E-state index in [-0.39, 0.29) is 6.01 Å². The Morgan fingerprint density at radius 3 is 2.53 bits per heavy atom. The summed E-state index contributed by atoms with van der Waals surface area (Å²) in [5, 5.41) is 7.85. The fraction of sp³-hybridized carbons (Fsp3) is 0.308. The fourth-order valence-electron chi connectivity index (χ4n) is 1.50. The molecule has 0 unspecified atom stereocenters. The van der Waals surface area contributed by atoms with Gasteiger partial charge in [0.2, 0.25) is 0 Å². The SMILES string of the molecule is COc1cc(CN)ccc1Oc1nnc(C)c(C)n1. The first kappa shape index (κ1) is 13.2. The van der Waals surface area contributed by atoms with Gasteiger partial charge in [-0.15, -0.1) is 5.10 Å². The van der Waals surface area contributed by atoms with E-state index in [0.29, 0.717) is 18.0 Å². The zero-order valence-electron chi connectivity index (χ0n) is 11.2. The van der Waals surface area contributed by atoms with Crippen LogP contribution in [0.5, 0.6) is 17.5 Å². The summed E-state index contributed by atoms with van der Waals surface area (Å²) in [6, 6.07) is 5.66. The molecular formula is C13H16N4O2. The number of rotatable bonds is 4. The van der Waals surface area contributed by atoms with E-state index in [4.69, 9.17) is 15.2 Å². The highest BCUT2D eigenvalue weighted by molar-refractivity contribution is 5.44. The van der Waals surface area contributed by atoms with Crippen molar-refractivity contribution in [2.45, 2.75) is 20.4 Å². The number of hydrogen-bond donors (Lipinski definition) is 1. The van der Waals surface area contributed by atoms with Crippen LogP contribution in [0, 0.1) is 13.8 Å². The van der Waals surface area contributed by atoms with Crippen molar-refractivity contribution in [2.75, 3.05) is 7.11 Å². The minimum Gasteiger partial charge on any atom is -0.493 e. The molecule has 1 aromatic carbocycles. The van der Waals surface area contributed by atoms with Gasteiger partial charge in [-0.3, -0.25) is 0 Å². The van der Waals surface area contributed by atoms with Crippen molar-refractivity contribution in [3.05, 3.63) is 35.2 Å². The maximum atomic E-state index is 5.59. The van der Waals surface area contributed by atoms with Crippen molar-refractivity contribution >= 4 is 0 Å². The normalized spacial score (nSPS) is 10.3. The Bertz CT molecular complexity index is 587. The summed E-state index contributed by atoms with van der Waals surface area (Å²) < 4.78 is 10.8. The maximum Gasteiger partial charge on any atom is 0.341 e. The van der Waals surface area contributed by atoms with Gasteiger partial charge in [0.05, 0.1) is 18.5 Å². The van der Waals surface area contributed by atoms with Crippen LogP contribution < -0.4 is 15.2 Å². The van der Waals surface area contributed by atoms with Crippen LogP contribution in [0.2, 0.25) is 0 Å². The Hall–Kier alpha value is -2.21. The van der Waals surface area contributed by atoms with Crippen LogP contribution >= 0.6 is 0 Å². The molecule has 0 aliphatic rings. The van der Waals surface area contributed by atoms with Crippen LogP contribution in [0.25, 0.3) is 0 Å². The molecule has 6 nitrogen and oxygen atoms in total. The van der Waals surface area contributed by atoms with E-state index in [1.165, 1.54) is 0 Å². The third-order valence-electron chi connectivity index (χ3n) is 2.74. The molecule has 0 amide bonds. The Kier molecular flexibility index (Phi) is 3.91. The summed E-state index contributed by atoms with van der Waals surface area (Å²) in [6.07, 6.45) is 0. The van der Waals surface area contributed by atoms with E-state index in [1.54, 1.807) is 13.2 Å². The zero-order valence-corrected chi connectivity index (χ0v) is 11.2. The fourth-order valence-corrected chi connectivity index (χ4v) is 1.50. The molecule has 0 fully saturated rings. The molecule has 0 saturated carbocycles. The van der Waals surface area contributed by atoms with Crippen LogP contribution in [0.4, 0.5) is 0 Å². The Morgan fingerprint density at radius 2 is 1.89 bits per heavy atom. The Morgan fingerprint density at radius 1 is 1.11 bits per heavy atom. The summed E-state index contributed by atoms with van der Waals surface area (Å²) in [7, 11) is 1.57. The average molecular weight is 260 g/mol. The van der Waals surface area contributed by atoms with Gasteiger partial charge in [-0.1, -0.05) is 11.2 Å². The summed E-state index contributed by atoms with van der Waals surface area (Å²) in [4.78, 5) is 4.21. The molecule has 2 rings (SSSR count). The van der Waals surface area contributed by atoms with Crippen LogP contribution in [0.15, 0.2) is 18.2 Å². The number of benzene rings is 1. The number of nitrogens with zero attached hydrogens (tertiary/aromatic N) is 3. The molecule has 100 valence electrons. The number of hydrogen-bond acceptors (Lipinski definition) is 6. The summed E-state index contributed by atoms with van der Waals surface area (Å²) in [5.41, 5.74) is 8.10. The maximum absolute atomic E-state index is 5.59. The monoisotopic (exact) mass is 260 g/mol. The molecule has 0 bridgehead atoms. The van der Waals surface area contributed by atoms with Crippen molar-refractivity contribution in [3.8, 4) is 17.5 Å². The molecule has 0 aliphatic heterocycles. The lowest BCUT2D eigenvalue weighted by Gasteiger charge is -2.10. The molecule has 19 heavy (non-hydrogen) atoms. The standard InChI is InChI=1S/C13H16N4O2/c1-8-9(2)16-17-13(15-8)19-11-5-4-10(7-14)6-12(11)18-3/h4-6H,7,14H2,1-3H3. The number of aryl methyl sites for hydroxylation is 2. The molecule has 0 saturated heterocycles. The quantitative estimate of drug-likeness (QED) is 0.901. The highest BCUT2D eigenvalue weighted by Crippen LogP contribution is 2.30. The van der Waals surface area contributed by atoms with E-state index in [1.807, 2.05) is 26.0 Å². The molecule has 2 aromatic rings. The van der Waals surface area contributed by atoms with E-state index in [9.17, 15) is 0 Å². The second-order valence-electron chi connectivity index (χ2n) is 4.06. The van der Waals surface area contributed by atoms with Crippen molar-refractivity contribution in [1.29, 1.82) is 0 Å². The molecule has 0 radical (unpaired) electrons. The second-order valence-corrected chi connectivity index (χ2v) is 4.06. The van der Waals surface area contributed by atoms with Crippen molar-refractivity contribution in [1.82, 2.24) is 15.2 Å². The number of aromatic nitrogens is 3. The van der Waals surface area contributed by atoms with Gasteiger partial charge >= 0.3 is 6.01 Å². The molecule has 0 spiro atoms.